The van der Waals surface area contributed by atoms with Crippen LogP contribution in [0.25, 0.3) is 10.2 Å². The van der Waals surface area contributed by atoms with E-state index in [4.69, 9.17) is 16.3 Å². The van der Waals surface area contributed by atoms with Crippen LogP contribution in [0.2, 0.25) is 5.02 Å². The summed E-state index contributed by atoms with van der Waals surface area (Å²) >= 11 is 7.09. The molecule has 0 spiro atoms. The maximum Gasteiger partial charge on any atom is 0.271 e. The monoisotopic (exact) mass is 455 g/mol. The summed E-state index contributed by atoms with van der Waals surface area (Å²) in [6, 6.07) is 8.18. The average Bonchev–Trinajstić information content (AvgIpc) is 3.03. The Morgan fingerprint density at radius 1 is 1.31 bits per heavy atom. The van der Waals surface area contributed by atoms with Crippen LogP contribution in [-0.2, 0) is 14.6 Å². The van der Waals surface area contributed by atoms with E-state index >= 15 is 0 Å². The molecule has 3 rings (SSSR count). The van der Waals surface area contributed by atoms with Crippen molar-refractivity contribution in [3.63, 3.8) is 0 Å². The average molecular weight is 456 g/mol. The number of sulfone groups is 1. The molecule has 1 N–H and O–H groups in total. The van der Waals surface area contributed by atoms with Crippen LogP contribution in [0.4, 0.5) is 10.8 Å². The van der Waals surface area contributed by atoms with Crippen LogP contribution < -0.4 is 10.1 Å². The van der Waals surface area contributed by atoms with E-state index in [1.165, 1.54) is 31.2 Å². The van der Waals surface area contributed by atoms with Crippen molar-refractivity contribution in [1.82, 2.24) is 4.98 Å². The molecule has 0 saturated heterocycles. The quantitative estimate of drug-likeness (QED) is 0.443. The predicted molar refractivity (Wildman–Crippen MR) is 110 cm³/mol. The molecule has 0 fully saturated rings. The highest BCUT2D eigenvalue weighted by molar-refractivity contribution is 7.90. The molecule has 152 valence electrons. The van der Waals surface area contributed by atoms with Crippen LogP contribution in [0.1, 0.15) is 6.92 Å². The second kappa shape index (κ2) is 7.93. The number of nitro groups is 1. The molecule has 0 aliphatic carbocycles. The number of hydrogen-bond donors (Lipinski definition) is 1. The van der Waals surface area contributed by atoms with Gasteiger partial charge in [0.05, 0.1) is 25.1 Å². The van der Waals surface area contributed by atoms with Crippen LogP contribution in [0.3, 0.4) is 0 Å². The Morgan fingerprint density at radius 3 is 2.66 bits per heavy atom. The van der Waals surface area contributed by atoms with Crippen LogP contribution in [0.5, 0.6) is 5.75 Å². The number of fused-ring (bicyclic) bond motifs is 1. The molecule has 0 radical (unpaired) electrons. The number of halogens is 1. The largest absolute Gasteiger partial charge is 0.479 e. The van der Waals surface area contributed by atoms with E-state index in [-0.39, 0.29) is 26.5 Å². The Balaban J connectivity index is 1.73. The molecule has 0 aliphatic rings. The third-order valence-electron chi connectivity index (χ3n) is 3.82. The zero-order valence-electron chi connectivity index (χ0n) is 15.1. The van der Waals surface area contributed by atoms with Crippen LogP contribution >= 0.6 is 22.9 Å². The minimum Gasteiger partial charge on any atom is -0.479 e. The van der Waals surface area contributed by atoms with Crippen molar-refractivity contribution >= 4 is 59.7 Å². The lowest BCUT2D eigenvalue weighted by Gasteiger charge is -2.14. The van der Waals surface area contributed by atoms with Gasteiger partial charge < -0.3 is 4.74 Å². The van der Waals surface area contributed by atoms with Crippen LogP contribution in [0.15, 0.2) is 41.3 Å². The van der Waals surface area contributed by atoms with Crippen LogP contribution in [-0.4, -0.2) is 36.6 Å². The van der Waals surface area contributed by atoms with Crippen LogP contribution in [0, 0.1) is 10.1 Å². The zero-order valence-corrected chi connectivity index (χ0v) is 17.5. The predicted octanol–water partition coefficient (Wildman–Crippen LogP) is 3.67. The molecule has 0 bridgehead atoms. The summed E-state index contributed by atoms with van der Waals surface area (Å²) in [6.45, 7) is 1.49. The molecule has 1 aromatic heterocycles. The van der Waals surface area contributed by atoms with Gasteiger partial charge in [0.15, 0.2) is 21.1 Å². The molecule has 9 nitrogen and oxygen atoms in total. The number of aromatic nitrogens is 1. The Bertz CT molecular complexity index is 1230. The van der Waals surface area contributed by atoms with Gasteiger partial charge in [-0.15, -0.1) is 0 Å². The number of carbonyl (C=O) groups is 1. The first-order valence-corrected chi connectivity index (χ1v) is 11.2. The Kier molecular flexibility index (Phi) is 5.73. The topological polar surface area (TPSA) is 128 Å². The number of nitrogens with one attached hydrogen (secondary N) is 1. The molecule has 0 saturated carbocycles. The molecule has 0 aliphatic heterocycles. The van der Waals surface area contributed by atoms with E-state index in [1.54, 1.807) is 6.07 Å². The number of amides is 1. The molecular formula is C17H14ClN3O6S2. The Morgan fingerprint density at radius 2 is 2.03 bits per heavy atom. The minimum atomic E-state index is -3.35. The molecule has 1 atom stereocenters. The summed E-state index contributed by atoms with van der Waals surface area (Å²) in [4.78, 5) is 27.0. The van der Waals surface area contributed by atoms with Crippen molar-refractivity contribution in [2.24, 2.45) is 0 Å². The van der Waals surface area contributed by atoms with E-state index in [9.17, 15) is 23.3 Å². The zero-order chi connectivity index (χ0) is 21.3. The molecule has 29 heavy (non-hydrogen) atoms. The number of ether oxygens (including phenoxy) is 1. The minimum absolute atomic E-state index is 0.00661. The van der Waals surface area contributed by atoms with Gasteiger partial charge in [-0.3, -0.25) is 20.2 Å². The summed E-state index contributed by atoms with van der Waals surface area (Å²) in [7, 11) is -3.35. The van der Waals surface area contributed by atoms with Gasteiger partial charge in [0.2, 0.25) is 0 Å². The van der Waals surface area contributed by atoms with Gasteiger partial charge in [0, 0.05) is 18.4 Å². The molecule has 1 heterocycles. The highest BCUT2D eigenvalue weighted by Crippen LogP contribution is 2.30. The van der Waals surface area contributed by atoms with E-state index < -0.39 is 26.8 Å². The van der Waals surface area contributed by atoms with E-state index in [2.05, 4.69) is 10.3 Å². The number of hydrogen-bond acceptors (Lipinski definition) is 8. The van der Waals surface area contributed by atoms with Crippen molar-refractivity contribution in [3.8, 4) is 5.75 Å². The van der Waals surface area contributed by atoms with E-state index in [0.29, 0.717) is 10.2 Å². The highest BCUT2D eigenvalue weighted by atomic mass is 35.5. The number of rotatable bonds is 6. The maximum absolute atomic E-state index is 12.4. The third-order valence-corrected chi connectivity index (χ3v) is 6.16. The SMILES string of the molecule is C[C@H](Oc1ccc([N+](=O)[O-])cc1Cl)C(=O)Nc1nc2ccc(S(C)(=O)=O)cc2s1. The number of benzene rings is 2. The van der Waals surface area contributed by atoms with Gasteiger partial charge in [-0.05, 0) is 31.2 Å². The molecule has 1 amide bonds. The van der Waals surface area contributed by atoms with Gasteiger partial charge in [-0.1, -0.05) is 22.9 Å². The van der Waals surface area contributed by atoms with Crippen molar-refractivity contribution < 1.29 is 22.9 Å². The van der Waals surface area contributed by atoms with Crippen molar-refractivity contribution in [2.45, 2.75) is 17.9 Å². The number of nitro benzene ring substituents is 1. The van der Waals surface area contributed by atoms with E-state index in [0.717, 1.165) is 23.7 Å². The summed E-state index contributed by atoms with van der Waals surface area (Å²) in [5.41, 5.74) is 0.354. The number of thiazole rings is 1. The second-order valence-corrected chi connectivity index (χ2v) is 9.50. The first-order valence-electron chi connectivity index (χ1n) is 8.06. The number of non-ortho nitro benzene ring substituents is 1. The first kappa shape index (κ1) is 21.0. The van der Waals surface area contributed by atoms with Gasteiger partial charge in [-0.25, -0.2) is 13.4 Å². The fourth-order valence-corrected chi connectivity index (χ4v) is 4.19. The van der Waals surface area contributed by atoms with Gasteiger partial charge in [-0.2, -0.15) is 0 Å². The maximum atomic E-state index is 12.4. The summed E-state index contributed by atoms with van der Waals surface area (Å²) < 4.78 is 29.4. The first-order chi connectivity index (χ1) is 13.5. The van der Waals surface area contributed by atoms with Gasteiger partial charge in [0.25, 0.3) is 11.6 Å². The molecule has 3 aromatic rings. The summed E-state index contributed by atoms with van der Waals surface area (Å²) in [5.74, 6) is -0.385. The molecular weight excluding hydrogens is 442 g/mol. The third kappa shape index (κ3) is 4.81. The number of carbonyl (C=O) groups excluding carboxylic acids is 1. The molecule has 2 aromatic carbocycles. The summed E-state index contributed by atoms with van der Waals surface area (Å²) in [5, 5.41) is 13.6. The van der Waals surface area contributed by atoms with Gasteiger partial charge in [0.1, 0.15) is 5.75 Å². The lowest BCUT2D eigenvalue weighted by molar-refractivity contribution is -0.384. The Hall–Kier alpha value is -2.76. The van der Waals surface area contributed by atoms with Crippen molar-refractivity contribution in [2.75, 3.05) is 11.6 Å². The van der Waals surface area contributed by atoms with Gasteiger partial charge >= 0.3 is 0 Å². The van der Waals surface area contributed by atoms with Crippen molar-refractivity contribution in [3.05, 3.63) is 51.5 Å². The van der Waals surface area contributed by atoms with Crippen molar-refractivity contribution in [1.29, 1.82) is 0 Å². The lowest BCUT2D eigenvalue weighted by Crippen LogP contribution is -2.30. The Labute approximate surface area is 174 Å². The number of nitrogens with zero attached hydrogens (tertiary/aromatic N) is 2. The second-order valence-electron chi connectivity index (χ2n) is 6.04. The molecule has 12 heteroatoms. The molecule has 0 unspecified atom stereocenters. The van der Waals surface area contributed by atoms with E-state index in [1.807, 2.05) is 0 Å². The fourth-order valence-electron chi connectivity index (χ4n) is 2.34. The lowest BCUT2D eigenvalue weighted by atomic mass is 10.3. The normalized spacial score (nSPS) is 12.5. The number of anilines is 1. The standard InChI is InChI=1S/C17H14ClN3O6S2/c1-9(27-14-6-3-10(21(23)24)7-12(14)18)16(22)20-17-19-13-5-4-11(29(2,25)26)8-15(13)28-17/h3-9H,1-2H3,(H,19,20,22)/t9-/m0/s1. The smallest absolute Gasteiger partial charge is 0.271 e. The summed E-state index contributed by atoms with van der Waals surface area (Å²) in [6.07, 6.45) is 0.146. The fraction of sp³-hybridized carbons (Fsp3) is 0.176. The highest BCUT2D eigenvalue weighted by Gasteiger charge is 2.20.